The molecule has 1 aromatic heterocycles. The summed E-state index contributed by atoms with van der Waals surface area (Å²) in [5, 5.41) is 6.27. The molecule has 0 aliphatic rings. The Labute approximate surface area is 175 Å². The van der Waals surface area contributed by atoms with Crippen molar-refractivity contribution in [3.8, 4) is 0 Å². The number of hydrogen-bond acceptors (Lipinski definition) is 4. The van der Waals surface area contributed by atoms with Gasteiger partial charge in [-0.25, -0.2) is 4.98 Å². The molecule has 2 rings (SSSR count). The summed E-state index contributed by atoms with van der Waals surface area (Å²) >= 11 is 7.58. The molecular weight excluding hydrogens is 394 g/mol. The molecule has 0 fully saturated rings. The molecule has 0 saturated carbocycles. The average Bonchev–Trinajstić information content (AvgIpc) is 2.65. The molecule has 150 valence electrons. The maximum absolute atomic E-state index is 12.6. The number of benzene rings is 1. The number of rotatable bonds is 9. The van der Waals surface area contributed by atoms with E-state index in [0.717, 1.165) is 22.6 Å². The fraction of sp³-hybridized carbons (Fsp3) is 0.381. The van der Waals surface area contributed by atoms with Gasteiger partial charge in [-0.3, -0.25) is 9.59 Å². The van der Waals surface area contributed by atoms with E-state index in [0.29, 0.717) is 17.3 Å². The van der Waals surface area contributed by atoms with Crippen molar-refractivity contribution in [3.63, 3.8) is 0 Å². The predicted octanol–water partition coefficient (Wildman–Crippen LogP) is 3.85. The molecule has 7 heteroatoms. The number of nitrogens with one attached hydrogen (secondary N) is 2. The Morgan fingerprint density at radius 1 is 1.21 bits per heavy atom. The lowest BCUT2D eigenvalue weighted by molar-refractivity contribution is -0.123. The van der Waals surface area contributed by atoms with Gasteiger partial charge >= 0.3 is 0 Å². The summed E-state index contributed by atoms with van der Waals surface area (Å²) in [5.74, 6) is 1.16. The Kier molecular flexibility index (Phi) is 8.80. The van der Waals surface area contributed by atoms with Crippen molar-refractivity contribution in [1.29, 1.82) is 0 Å². The van der Waals surface area contributed by atoms with Crippen molar-refractivity contribution in [2.45, 2.75) is 32.6 Å². The van der Waals surface area contributed by atoms with E-state index in [1.54, 1.807) is 24.0 Å². The van der Waals surface area contributed by atoms with Gasteiger partial charge in [-0.15, -0.1) is 0 Å². The molecule has 1 heterocycles. The Bertz CT molecular complexity index is 814. The first-order valence-corrected chi connectivity index (χ1v) is 10.7. The van der Waals surface area contributed by atoms with Crippen molar-refractivity contribution < 1.29 is 9.59 Å². The quantitative estimate of drug-likeness (QED) is 0.478. The first kappa shape index (κ1) is 22.2. The summed E-state index contributed by atoms with van der Waals surface area (Å²) in [7, 11) is 0. The number of thioether (sulfide) groups is 1. The van der Waals surface area contributed by atoms with Crippen molar-refractivity contribution in [3.05, 3.63) is 64.4 Å². The van der Waals surface area contributed by atoms with Gasteiger partial charge in [-0.2, -0.15) is 11.8 Å². The van der Waals surface area contributed by atoms with Gasteiger partial charge < -0.3 is 10.6 Å². The molecule has 1 aromatic carbocycles. The Morgan fingerprint density at radius 2 is 1.96 bits per heavy atom. The lowest BCUT2D eigenvalue weighted by Gasteiger charge is -2.22. The van der Waals surface area contributed by atoms with Gasteiger partial charge in [0.1, 0.15) is 11.2 Å². The highest BCUT2D eigenvalue weighted by Crippen LogP contribution is 2.14. The van der Waals surface area contributed by atoms with Gasteiger partial charge in [-0.05, 0) is 42.2 Å². The molecule has 2 N–H and O–H groups in total. The minimum absolute atomic E-state index is 0.0143. The number of carbonyl (C=O) groups is 2. The van der Waals surface area contributed by atoms with Crippen LogP contribution in [-0.2, 0) is 10.5 Å². The minimum atomic E-state index is -0.573. The van der Waals surface area contributed by atoms with E-state index in [1.165, 1.54) is 0 Å². The molecule has 0 spiro atoms. The second-order valence-corrected chi connectivity index (χ2v) is 8.33. The van der Waals surface area contributed by atoms with Crippen LogP contribution in [0.15, 0.2) is 42.6 Å². The van der Waals surface area contributed by atoms with Crippen molar-refractivity contribution in [1.82, 2.24) is 15.6 Å². The number of aromatic nitrogens is 1. The molecule has 0 aliphatic heterocycles. The SMILES string of the molecule is Cc1ccccc1C(=O)N[C@@H](C(=O)NCCSCc1ccnc(Cl)c1)C(C)C. The molecule has 0 aliphatic carbocycles. The largest absolute Gasteiger partial charge is 0.353 e. The first-order chi connectivity index (χ1) is 13.4. The maximum Gasteiger partial charge on any atom is 0.252 e. The monoisotopic (exact) mass is 419 g/mol. The number of amides is 2. The van der Waals surface area contributed by atoms with E-state index in [9.17, 15) is 9.59 Å². The average molecular weight is 420 g/mol. The lowest BCUT2D eigenvalue weighted by Crippen LogP contribution is -2.50. The highest BCUT2D eigenvalue weighted by Gasteiger charge is 2.24. The van der Waals surface area contributed by atoms with Gasteiger partial charge in [-0.1, -0.05) is 43.6 Å². The smallest absolute Gasteiger partial charge is 0.252 e. The lowest BCUT2D eigenvalue weighted by atomic mass is 10.0. The van der Waals surface area contributed by atoms with Crippen LogP contribution in [0.3, 0.4) is 0 Å². The topological polar surface area (TPSA) is 71.1 Å². The second-order valence-electron chi connectivity index (χ2n) is 6.84. The van der Waals surface area contributed by atoms with Crippen molar-refractivity contribution >= 4 is 35.2 Å². The standard InChI is InChI=1S/C21H26ClN3O2S/c1-14(2)19(25-20(26)17-7-5-4-6-15(17)3)21(27)24-10-11-28-13-16-8-9-23-18(22)12-16/h4-9,12,14,19H,10-11,13H2,1-3H3,(H,24,27)(H,25,26)/t19-/m1/s1. The molecule has 0 saturated heterocycles. The van der Waals surface area contributed by atoms with Crippen molar-refractivity contribution in [2.75, 3.05) is 12.3 Å². The number of halogens is 1. The number of pyridine rings is 1. The molecule has 28 heavy (non-hydrogen) atoms. The zero-order valence-corrected chi connectivity index (χ0v) is 17.9. The van der Waals surface area contributed by atoms with Crippen LogP contribution in [0.25, 0.3) is 0 Å². The fourth-order valence-electron chi connectivity index (χ4n) is 2.66. The highest BCUT2D eigenvalue weighted by molar-refractivity contribution is 7.98. The first-order valence-electron chi connectivity index (χ1n) is 9.21. The predicted molar refractivity (Wildman–Crippen MR) is 116 cm³/mol. The molecule has 5 nitrogen and oxygen atoms in total. The Balaban J connectivity index is 1.80. The Hall–Kier alpha value is -2.05. The number of aryl methyl sites for hydroxylation is 1. The van der Waals surface area contributed by atoms with Gasteiger partial charge in [0, 0.05) is 29.8 Å². The molecule has 1 atom stereocenters. The van der Waals surface area contributed by atoms with Crippen LogP contribution in [0.2, 0.25) is 5.15 Å². The van der Waals surface area contributed by atoms with Gasteiger partial charge in [0.15, 0.2) is 0 Å². The van der Waals surface area contributed by atoms with Crippen LogP contribution < -0.4 is 10.6 Å². The third kappa shape index (κ3) is 6.84. The van der Waals surface area contributed by atoms with E-state index in [-0.39, 0.29) is 17.7 Å². The van der Waals surface area contributed by atoms with Gasteiger partial charge in [0.05, 0.1) is 0 Å². The van der Waals surface area contributed by atoms with Crippen LogP contribution >= 0.6 is 23.4 Å². The normalized spacial score (nSPS) is 11.9. The molecule has 0 radical (unpaired) electrons. The van der Waals surface area contributed by atoms with Crippen molar-refractivity contribution in [2.24, 2.45) is 5.92 Å². The van der Waals surface area contributed by atoms with Gasteiger partial charge in [0.25, 0.3) is 5.91 Å². The van der Waals surface area contributed by atoms with Crippen LogP contribution in [0.5, 0.6) is 0 Å². The summed E-state index contributed by atoms with van der Waals surface area (Å²) < 4.78 is 0. The van der Waals surface area contributed by atoms with E-state index in [4.69, 9.17) is 11.6 Å². The minimum Gasteiger partial charge on any atom is -0.353 e. The van der Waals surface area contributed by atoms with Gasteiger partial charge in [0.2, 0.25) is 5.91 Å². The fourth-order valence-corrected chi connectivity index (χ4v) is 3.66. The molecule has 0 bridgehead atoms. The highest BCUT2D eigenvalue weighted by atomic mass is 35.5. The molecular formula is C21H26ClN3O2S. The molecule has 2 amide bonds. The van der Waals surface area contributed by atoms with E-state index < -0.39 is 6.04 Å². The third-order valence-electron chi connectivity index (χ3n) is 4.23. The number of hydrogen-bond donors (Lipinski definition) is 2. The zero-order valence-electron chi connectivity index (χ0n) is 16.4. The van der Waals surface area contributed by atoms with Crippen LogP contribution in [0.4, 0.5) is 0 Å². The summed E-state index contributed by atoms with van der Waals surface area (Å²) in [6.07, 6.45) is 1.68. The van der Waals surface area contributed by atoms with E-state index in [2.05, 4.69) is 15.6 Å². The maximum atomic E-state index is 12.6. The van der Waals surface area contributed by atoms with Crippen LogP contribution in [0.1, 0.15) is 35.3 Å². The molecule has 2 aromatic rings. The number of nitrogens with zero attached hydrogens (tertiary/aromatic N) is 1. The van der Waals surface area contributed by atoms with E-state index >= 15 is 0 Å². The second kappa shape index (κ2) is 11.1. The number of carbonyl (C=O) groups excluding carboxylic acids is 2. The molecule has 0 unspecified atom stereocenters. The summed E-state index contributed by atoms with van der Waals surface area (Å²) in [6.45, 7) is 6.26. The summed E-state index contributed by atoms with van der Waals surface area (Å²) in [4.78, 5) is 29.0. The van der Waals surface area contributed by atoms with Crippen LogP contribution in [0, 0.1) is 12.8 Å². The van der Waals surface area contributed by atoms with E-state index in [1.807, 2.05) is 51.1 Å². The summed E-state index contributed by atoms with van der Waals surface area (Å²) in [5.41, 5.74) is 2.57. The van der Waals surface area contributed by atoms with Crippen LogP contribution in [-0.4, -0.2) is 35.1 Å². The summed E-state index contributed by atoms with van der Waals surface area (Å²) in [6, 6.07) is 10.5. The zero-order chi connectivity index (χ0) is 20.5. The Morgan fingerprint density at radius 3 is 2.64 bits per heavy atom. The third-order valence-corrected chi connectivity index (χ3v) is 5.47.